The lowest BCUT2D eigenvalue weighted by Gasteiger charge is -2.25. The summed E-state index contributed by atoms with van der Waals surface area (Å²) in [5.41, 5.74) is 4.06. The Morgan fingerprint density at radius 2 is 1.77 bits per heavy atom. The van der Waals surface area contributed by atoms with Crippen LogP contribution < -0.4 is 0 Å². The Hall–Kier alpha value is -3.47. The van der Waals surface area contributed by atoms with Gasteiger partial charge >= 0.3 is 0 Å². The molecule has 0 aliphatic rings. The lowest BCUT2D eigenvalue weighted by molar-refractivity contribution is 0.398. The van der Waals surface area contributed by atoms with Gasteiger partial charge in [0.25, 0.3) is 0 Å². The van der Waals surface area contributed by atoms with E-state index >= 15 is 0 Å². The molecule has 1 unspecified atom stereocenters. The summed E-state index contributed by atoms with van der Waals surface area (Å²) in [4.78, 5) is 4.52. The van der Waals surface area contributed by atoms with E-state index in [9.17, 15) is 8.42 Å². The molecule has 4 rings (SSSR count). The smallest absolute Gasteiger partial charge is 0.243 e. The van der Waals surface area contributed by atoms with Gasteiger partial charge in [-0.2, -0.15) is 9.57 Å². The summed E-state index contributed by atoms with van der Waals surface area (Å²) in [5.74, 6) is 0. The Morgan fingerprint density at radius 3 is 2.50 bits per heavy atom. The van der Waals surface area contributed by atoms with Gasteiger partial charge in [0.15, 0.2) is 0 Å². The van der Waals surface area contributed by atoms with Gasteiger partial charge in [-0.25, -0.2) is 13.4 Å². The minimum absolute atomic E-state index is 0.109. The van der Waals surface area contributed by atoms with Crippen LogP contribution in [0.2, 0.25) is 0 Å². The second-order valence-corrected chi connectivity index (χ2v) is 9.03. The van der Waals surface area contributed by atoms with Crippen molar-refractivity contribution in [1.29, 1.82) is 5.26 Å². The summed E-state index contributed by atoms with van der Waals surface area (Å²) >= 11 is 0. The molecule has 0 spiro atoms. The fourth-order valence-corrected chi connectivity index (χ4v) is 4.79. The zero-order valence-electron chi connectivity index (χ0n) is 16.6. The molecule has 0 aliphatic carbocycles. The van der Waals surface area contributed by atoms with Crippen LogP contribution in [0, 0.1) is 11.3 Å². The van der Waals surface area contributed by atoms with Crippen molar-refractivity contribution < 1.29 is 8.42 Å². The highest BCUT2D eigenvalue weighted by atomic mass is 32.2. The molecular weight excluding hydrogens is 396 g/mol. The van der Waals surface area contributed by atoms with E-state index in [-0.39, 0.29) is 10.9 Å². The molecule has 150 valence electrons. The van der Waals surface area contributed by atoms with E-state index in [1.165, 1.54) is 16.4 Å². The monoisotopic (exact) mass is 416 g/mol. The third-order valence-electron chi connectivity index (χ3n) is 5.29. The van der Waals surface area contributed by atoms with Gasteiger partial charge in [-0.3, -0.25) is 4.57 Å². The maximum Gasteiger partial charge on any atom is 0.243 e. The van der Waals surface area contributed by atoms with Crippen molar-refractivity contribution in [2.75, 3.05) is 7.05 Å². The third-order valence-corrected chi connectivity index (χ3v) is 7.22. The first-order valence-corrected chi connectivity index (χ1v) is 10.9. The van der Waals surface area contributed by atoms with Crippen LogP contribution >= 0.6 is 0 Å². The summed E-state index contributed by atoms with van der Waals surface area (Å²) in [6.45, 7) is 1.84. The predicted molar refractivity (Wildman–Crippen MR) is 116 cm³/mol. The number of rotatable bonds is 5. The van der Waals surface area contributed by atoms with Crippen LogP contribution in [-0.2, 0) is 10.0 Å². The minimum atomic E-state index is -3.73. The fraction of sp³-hybridized carbons (Fsp3) is 0.130. The lowest BCUT2D eigenvalue weighted by Crippen LogP contribution is -2.29. The van der Waals surface area contributed by atoms with E-state index in [4.69, 9.17) is 5.26 Å². The van der Waals surface area contributed by atoms with Crippen molar-refractivity contribution >= 4 is 21.1 Å². The van der Waals surface area contributed by atoms with Crippen molar-refractivity contribution in [3.8, 4) is 11.8 Å². The van der Waals surface area contributed by atoms with Crippen molar-refractivity contribution in [2.45, 2.75) is 17.9 Å². The predicted octanol–water partition coefficient (Wildman–Crippen LogP) is 4.28. The van der Waals surface area contributed by atoms with Crippen LogP contribution in [0.25, 0.3) is 16.7 Å². The second-order valence-electron chi connectivity index (χ2n) is 7.03. The van der Waals surface area contributed by atoms with Gasteiger partial charge in [-0.1, -0.05) is 30.3 Å². The number of fused-ring (bicyclic) bond motifs is 1. The van der Waals surface area contributed by atoms with Crippen LogP contribution in [0.5, 0.6) is 0 Å². The molecule has 0 bridgehead atoms. The molecule has 6 nitrogen and oxygen atoms in total. The van der Waals surface area contributed by atoms with E-state index in [0.717, 1.165) is 22.3 Å². The third kappa shape index (κ3) is 3.47. The molecule has 0 saturated carbocycles. The number of hydrogen-bond acceptors (Lipinski definition) is 4. The summed E-state index contributed by atoms with van der Waals surface area (Å²) < 4.78 is 29.4. The van der Waals surface area contributed by atoms with Crippen LogP contribution in [0.4, 0.5) is 0 Å². The maximum atomic E-state index is 13.0. The molecule has 0 N–H and O–H groups in total. The molecule has 0 aliphatic heterocycles. The molecule has 1 aromatic heterocycles. The van der Waals surface area contributed by atoms with Crippen LogP contribution in [-0.4, -0.2) is 29.3 Å². The molecule has 0 fully saturated rings. The summed E-state index contributed by atoms with van der Waals surface area (Å²) in [6.07, 6.45) is 1.78. The van der Waals surface area contributed by atoms with Crippen LogP contribution in [0.3, 0.4) is 0 Å². The van der Waals surface area contributed by atoms with Crippen molar-refractivity contribution in [3.05, 3.63) is 90.3 Å². The van der Waals surface area contributed by atoms with E-state index in [0.29, 0.717) is 5.56 Å². The first-order valence-electron chi connectivity index (χ1n) is 9.42. The molecular formula is C23H20N4O2S. The number of aromatic nitrogens is 2. The number of nitrogens with zero attached hydrogens (tertiary/aromatic N) is 4. The minimum Gasteiger partial charge on any atom is -0.299 e. The van der Waals surface area contributed by atoms with E-state index in [1.807, 2.05) is 66.1 Å². The summed E-state index contributed by atoms with van der Waals surface area (Å²) in [6, 6.07) is 23.3. The Balaban J connectivity index is 1.61. The molecule has 0 amide bonds. The Morgan fingerprint density at radius 1 is 1.03 bits per heavy atom. The number of imidazole rings is 1. The number of sulfonamides is 1. The fourth-order valence-electron chi connectivity index (χ4n) is 3.39. The molecule has 1 atom stereocenters. The SMILES string of the molecule is CC(c1ccc(-n2cnc3ccccc32)cc1)N(C)S(=O)(=O)c1cccc(C#N)c1. The molecule has 0 saturated heterocycles. The largest absolute Gasteiger partial charge is 0.299 e. The van der Waals surface area contributed by atoms with E-state index in [1.54, 1.807) is 25.5 Å². The molecule has 3 aromatic carbocycles. The first-order chi connectivity index (χ1) is 14.4. The van der Waals surface area contributed by atoms with E-state index < -0.39 is 10.0 Å². The maximum absolute atomic E-state index is 13.0. The zero-order chi connectivity index (χ0) is 21.3. The highest BCUT2D eigenvalue weighted by Gasteiger charge is 2.26. The normalized spacial score (nSPS) is 12.7. The first kappa shape index (κ1) is 19.8. The van der Waals surface area contributed by atoms with Gasteiger partial charge in [0.05, 0.1) is 27.6 Å². The summed E-state index contributed by atoms with van der Waals surface area (Å²) in [7, 11) is -2.18. The van der Waals surface area contributed by atoms with Crippen molar-refractivity contribution in [3.63, 3.8) is 0 Å². The van der Waals surface area contributed by atoms with Gasteiger partial charge in [-0.15, -0.1) is 0 Å². The molecule has 30 heavy (non-hydrogen) atoms. The molecule has 4 aromatic rings. The average molecular weight is 417 g/mol. The van der Waals surface area contributed by atoms with Gasteiger partial charge in [-0.05, 0) is 55.0 Å². The highest BCUT2D eigenvalue weighted by molar-refractivity contribution is 7.89. The van der Waals surface area contributed by atoms with Gasteiger partial charge in [0.2, 0.25) is 10.0 Å². The molecule has 1 heterocycles. The topological polar surface area (TPSA) is 79.0 Å². The quantitative estimate of drug-likeness (QED) is 0.486. The summed E-state index contributed by atoms with van der Waals surface area (Å²) in [5, 5.41) is 9.06. The number of benzene rings is 3. The molecule has 7 heteroatoms. The van der Waals surface area contributed by atoms with Gasteiger partial charge < -0.3 is 0 Å². The standard InChI is InChI=1S/C23H20N4O2S/c1-17(26(2)30(28,29)21-7-5-6-18(14-21)15-24)19-10-12-20(13-11-19)27-16-25-22-8-3-4-9-23(22)27/h3-14,16-17H,1-2H3. The number of nitriles is 1. The zero-order valence-corrected chi connectivity index (χ0v) is 17.4. The Bertz CT molecular complexity index is 1350. The van der Waals surface area contributed by atoms with Crippen LogP contribution in [0.1, 0.15) is 24.1 Å². The average Bonchev–Trinajstić information content (AvgIpc) is 3.22. The number of hydrogen-bond donors (Lipinski definition) is 0. The van der Waals surface area contributed by atoms with Crippen molar-refractivity contribution in [2.24, 2.45) is 0 Å². The molecule has 0 radical (unpaired) electrons. The second kappa shape index (κ2) is 7.75. The van der Waals surface area contributed by atoms with E-state index in [2.05, 4.69) is 4.98 Å². The van der Waals surface area contributed by atoms with Gasteiger partial charge in [0.1, 0.15) is 6.33 Å². The lowest BCUT2D eigenvalue weighted by atomic mass is 10.1. The van der Waals surface area contributed by atoms with Gasteiger partial charge in [0, 0.05) is 18.8 Å². The Labute approximate surface area is 175 Å². The highest BCUT2D eigenvalue weighted by Crippen LogP contribution is 2.27. The van der Waals surface area contributed by atoms with Crippen molar-refractivity contribution in [1.82, 2.24) is 13.9 Å². The Kier molecular flexibility index (Phi) is 5.12. The van der Waals surface area contributed by atoms with Crippen LogP contribution in [0.15, 0.2) is 84.0 Å². The number of para-hydroxylation sites is 2.